The monoisotopic (exact) mass is 254 g/mol. The topological polar surface area (TPSA) is 59.0 Å². The second kappa shape index (κ2) is 4.03. The van der Waals surface area contributed by atoms with Crippen molar-refractivity contribution >= 4 is 15.9 Å². The van der Waals surface area contributed by atoms with E-state index in [4.69, 9.17) is 4.74 Å². The number of methoxy groups -OCH3 is 1. The largest absolute Gasteiger partial charge is 0.497 e. The van der Waals surface area contributed by atoms with Crippen molar-refractivity contribution in [1.29, 1.82) is 0 Å². The van der Waals surface area contributed by atoms with E-state index in [0.717, 1.165) is 0 Å². The van der Waals surface area contributed by atoms with Crippen LogP contribution in [0, 0.1) is 0 Å². The maximum atomic E-state index is 12.1. The van der Waals surface area contributed by atoms with Crippen LogP contribution in [0.5, 0.6) is 5.75 Å². The summed E-state index contributed by atoms with van der Waals surface area (Å²) in [6, 6.07) is 4.89. The van der Waals surface area contributed by atoms with Gasteiger partial charge in [-0.2, -0.15) is 0 Å². The van der Waals surface area contributed by atoms with Gasteiger partial charge in [0.25, 0.3) is 10.0 Å². The molecule has 0 radical (unpaired) electrons. The van der Waals surface area contributed by atoms with Crippen LogP contribution in [0.1, 0.15) is 12.5 Å². The Bertz CT molecular complexity index is 578. The van der Waals surface area contributed by atoms with Crippen LogP contribution in [-0.2, 0) is 10.0 Å². The van der Waals surface area contributed by atoms with E-state index in [0.29, 0.717) is 23.7 Å². The van der Waals surface area contributed by atoms with E-state index >= 15 is 0 Å². The molecule has 1 aromatic rings. The fourth-order valence-electron chi connectivity index (χ4n) is 1.80. The molecule has 0 aliphatic carbocycles. The van der Waals surface area contributed by atoms with E-state index in [1.807, 2.05) is 6.92 Å². The molecule has 0 saturated carbocycles. The van der Waals surface area contributed by atoms with Crippen molar-refractivity contribution < 1.29 is 13.2 Å². The lowest BCUT2D eigenvalue weighted by atomic mass is 10.2. The van der Waals surface area contributed by atoms with E-state index in [-0.39, 0.29) is 4.90 Å². The summed E-state index contributed by atoms with van der Waals surface area (Å²) in [5.74, 6) is 1.10. The molecule has 0 amide bonds. The molecule has 6 heteroatoms. The van der Waals surface area contributed by atoms with E-state index < -0.39 is 10.0 Å². The van der Waals surface area contributed by atoms with Crippen molar-refractivity contribution in [1.82, 2.24) is 4.31 Å². The molecule has 1 heterocycles. The second-order valence-corrected chi connectivity index (χ2v) is 5.57. The Morgan fingerprint density at radius 1 is 1.41 bits per heavy atom. The first-order chi connectivity index (χ1) is 8.02. The number of aliphatic imine (C=N–C) groups is 1. The zero-order chi connectivity index (χ0) is 12.6. The highest BCUT2D eigenvalue weighted by atomic mass is 32.2. The van der Waals surface area contributed by atoms with Gasteiger partial charge in [0.1, 0.15) is 11.6 Å². The highest BCUT2D eigenvalue weighted by molar-refractivity contribution is 7.90. The number of amidine groups is 1. The summed E-state index contributed by atoms with van der Waals surface area (Å²) in [7, 11) is -0.376. The molecule has 0 aromatic heterocycles. The Balaban J connectivity index is 2.71. The van der Waals surface area contributed by atoms with E-state index in [1.165, 1.54) is 11.4 Å². The van der Waals surface area contributed by atoms with Gasteiger partial charge in [0.2, 0.25) is 0 Å². The number of hydrogen-bond donors (Lipinski definition) is 0. The lowest BCUT2D eigenvalue weighted by molar-refractivity contribution is 0.414. The van der Waals surface area contributed by atoms with Gasteiger partial charge in [-0.15, -0.1) is 0 Å². The zero-order valence-electron chi connectivity index (χ0n) is 9.97. The molecule has 0 unspecified atom stereocenters. The number of rotatable bonds is 2. The fourth-order valence-corrected chi connectivity index (χ4v) is 3.15. The number of fused-ring (bicyclic) bond motifs is 1. The van der Waals surface area contributed by atoms with Crippen LogP contribution in [-0.4, -0.2) is 39.3 Å². The molecule has 0 atom stereocenters. The first-order valence-corrected chi connectivity index (χ1v) is 6.68. The number of sulfonamides is 1. The predicted octanol–water partition coefficient (Wildman–Crippen LogP) is 1.10. The third-order valence-electron chi connectivity index (χ3n) is 2.67. The van der Waals surface area contributed by atoms with Gasteiger partial charge in [-0.3, -0.25) is 9.30 Å². The lowest BCUT2D eigenvalue weighted by Gasteiger charge is -2.10. The first-order valence-electron chi connectivity index (χ1n) is 5.24. The minimum Gasteiger partial charge on any atom is -0.497 e. The summed E-state index contributed by atoms with van der Waals surface area (Å²) >= 11 is 0. The summed E-state index contributed by atoms with van der Waals surface area (Å²) in [6.45, 7) is 2.40. The maximum absolute atomic E-state index is 12.1. The van der Waals surface area contributed by atoms with Crippen molar-refractivity contribution in [2.75, 3.05) is 20.7 Å². The molecule has 5 nitrogen and oxygen atoms in total. The standard InChI is InChI=1S/C11H14N2O3S/c1-4-12-11-9-7-8(16-3)5-6-10(9)17(14,15)13(11)2/h5-7H,4H2,1-3H3. The Morgan fingerprint density at radius 2 is 2.12 bits per heavy atom. The summed E-state index contributed by atoms with van der Waals surface area (Å²) in [6.07, 6.45) is 0. The SMILES string of the molecule is CCN=C1c2cc(OC)ccc2S(=O)(=O)N1C. The third kappa shape index (κ3) is 1.68. The lowest BCUT2D eigenvalue weighted by Crippen LogP contribution is -2.26. The first kappa shape index (κ1) is 11.9. The summed E-state index contributed by atoms with van der Waals surface area (Å²) in [4.78, 5) is 4.51. The van der Waals surface area contributed by atoms with Crippen LogP contribution >= 0.6 is 0 Å². The van der Waals surface area contributed by atoms with Gasteiger partial charge in [0.15, 0.2) is 0 Å². The van der Waals surface area contributed by atoms with Crippen LogP contribution < -0.4 is 4.74 Å². The molecule has 0 fully saturated rings. The molecule has 1 aliphatic heterocycles. The van der Waals surface area contributed by atoms with Gasteiger partial charge < -0.3 is 4.74 Å². The quantitative estimate of drug-likeness (QED) is 0.794. The highest BCUT2D eigenvalue weighted by Gasteiger charge is 2.36. The van der Waals surface area contributed by atoms with Crippen LogP contribution in [0.3, 0.4) is 0 Å². The smallest absolute Gasteiger partial charge is 0.265 e. The van der Waals surface area contributed by atoms with Gasteiger partial charge in [0, 0.05) is 19.2 Å². The molecule has 1 aromatic carbocycles. The van der Waals surface area contributed by atoms with Crippen LogP contribution in [0.15, 0.2) is 28.1 Å². The van der Waals surface area contributed by atoms with Gasteiger partial charge in [-0.25, -0.2) is 8.42 Å². The number of benzene rings is 1. The van der Waals surface area contributed by atoms with Crippen LogP contribution in [0.25, 0.3) is 0 Å². The third-order valence-corrected chi connectivity index (χ3v) is 4.48. The molecule has 92 valence electrons. The summed E-state index contributed by atoms with van der Waals surface area (Å²) in [5, 5.41) is 0. The number of hydrogen-bond acceptors (Lipinski definition) is 4. The zero-order valence-corrected chi connectivity index (χ0v) is 10.8. The van der Waals surface area contributed by atoms with Crippen molar-refractivity contribution in [2.45, 2.75) is 11.8 Å². The van der Waals surface area contributed by atoms with Crippen molar-refractivity contribution in [2.24, 2.45) is 4.99 Å². The summed E-state index contributed by atoms with van der Waals surface area (Å²) in [5.41, 5.74) is 0.605. The predicted molar refractivity (Wildman–Crippen MR) is 65.0 cm³/mol. The van der Waals surface area contributed by atoms with Crippen molar-refractivity contribution in [3.05, 3.63) is 23.8 Å². The van der Waals surface area contributed by atoms with Gasteiger partial charge in [0.05, 0.1) is 12.0 Å². The van der Waals surface area contributed by atoms with Crippen LogP contribution in [0.2, 0.25) is 0 Å². The van der Waals surface area contributed by atoms with Gasteiger partial charge in [-0.05, 0) is 25.1 Å². The van der Waals surface area contributed by atoms with Crippen molar-refractivity contribution in [3.63, 3.8) is 0 Å². The maximum Gasteiger partial charge on any atom is 0.265 e. The molecule has 0 saturated heterocycles. The van der Waals surface area contributed by atoms with E-state index in [9.17, 15) is 8.42 Å². The van der Waals surface area contributed by atoms with Crippen LogP contribution in [0.4, 0.5) is 0 Å². The Morgan fingerprint density at radius 3 is 2.71 bits per heavy atom. The second-order valence-electron chi connectivity index (χ2n) is 3.63. The molecule has 0 N–H and O–H groups in total. The molecule has 0 bridgehead atoms. The Kier molecular flexibility index (Phi) is 2.82. The Labute approximate surface area is 101 Å². The Hall–Kier alpha value is -1.56. The molecule has 1 aliphatic rings. The molecule has 0 spiro atoms. The van der Waals surface area contributed by atoms with Gasteiger partial charge >= 0.3 is 0 Å². The normalized spacial score (nSPS) is 19.5. The average Bonchev–Trinajstić information content (AvgIpc) is 2.51. The number of ether oxygens (including phenoxy) is 1. The van der Waals surface area contributed by atoms with E-state index in [2.05, 4.69) is 4.99 Å². The fraction of sp³-hybridized carbons (Fsp3) is 0.364. The van der Waals surface area contributed by atoms with E-state index in [1.54, 1.807) is 25.3 Å². The van der Waals surface area contributed by atoms with Crippen molar-refractivity contribution in [3.8, 4) is 5.75 Å². The summed E-state index contributed by atoms with van der Waals surface area (Å²) < 4.78 is 30.5. The van der Waals surface area contributed by atoms with Gasteiger partial charge in [-0.1, -0.05) is 0 Å². The molecular weight excluding hydrogens is 240 g/mol. The minimum atomic E-state index is -3.43. The molecular formula is C11H14N2O3S. The molecule has 17 heavy (non-hydrogen) atoms. The average molecular weight is 254 g/mol. The highest BCUT2D eigenvalue weighted by Crippen LogP contribution is 2.32. The molecule has 2 rings (SSSR count). The minimum absolute atomic E-state index is 0.285. The number of nitrogens with zero attached hydrogens (tertiary/aromatic N) is 2.